The minimum absolute atomic E-state index is 0.260. The summed E-state index contributed by atoms with van der Waals surface area (Å²) >= 11 is 1.66. The summed E-state index contributed by atoms with van der Waals surface area (Å²) in [6, 6.07) is 28.9. The molecule has 0 saturated carbocycles. The molecule has 7 heteroatoms. The summed E-state index contributed by atoms with van der Waals surface area (Å²) in [4.78, 5) is 0. The van der Waals surface area contributed by atoms with Crippen molar-refractivity contribution >= 4 is 49.1 Å². The molecule has 1 aliphatic carbocycles. The van der Waals surface area contributed by atoms with Crippen LogP contribution >= 0.6 is 11.3 Å². The number of para-hydroxylation sites is 1. The van der Waals surface area contributed by atoms with E-state index < -0.39 is 10.1 Å². The maximum Gasteiger partial charge on any atom is 0.265 e. The second-order valence-electron chi connectivity index (χ2n) is 10.4. The third kappa shape index (κ3) is 6.39. The van der Waals surface area contributed by atoms with Crippen LogP contribution in [0.2, 0.25) is 0 Å². The van der Waals surface area contributed by atoms with Crippen LogP contribution < -0.4 is 4.57 Å². The van der Waals surface area contributed by atoms with Crippen LogP contribution in [0.15, 0.2) is 126 Å². The Balaban J connectivity index is 1.32. The Morgan fingerprint density at radius 1 is 0.857 bits per heavy atom. The highest BCUT2D eigenvalue weighted by Crippen LogP contribution is 2.43. The zero-order valence-electron chi connectivity index (χ0n) is 23.1. The van der Waals surface area contributed by atoms with Gasteiger partial charge in [-0.3, -0.25) is 4.55 Å². The normalized spacial score (nSPS) is 15.9. The Hall–Kier alpha value is -4.04. The van der Waals surface area contributed by atoms with Crippen LogP contribution in [0.1, 0.15) is 41.8 Å². The molecular weight excluding hydrogens is 563 g/mol. The Kier molecular flexibility index (Phi) is 8.33. The molecule has 0 fully saturated rings. The molecule has 0 unspecified atom stereocenters. The molecule has 5 nitrogen and oxygen atoms in total. The summed E-state index contributed by atoms with van der Waals surface area (Å²) in [5.41, 5.74) is 6.93. The molecule has 0 saturated heterocycles. The summed E-state index contributed by atoms with van der Waals surface area (Å²) in [5, 5.41) is 1.02. The Bertz CT molecular complexity index is 1860. The number of thiazole rings is 1. The van der Waals surface area contributed by atoms with Gasteiger partial charge >= 0.3 is 0 Å². The molecule has 1 aromatic heterocycles. The minimum atomic E-state index is -3.99. The maximum absolute atomic E-state index is 11.3. The smallest absolute Gasteiger partial charge is 0.265 e. The lowest BCUT2D eigenvalue weighted by Gasteiger charge is -2.29. The first-order valence-corrected chi connectivity index (χ1v) is 16.6. The second kappa shape index (κ2) is 12.4. The van der Waals surface area contributed by atoms with E-state index in [0.29, 0.717) is 13.0 Å². The van der Waals surface area contributed by atoms with E-state index in [2.05, 4.69) is 71.3 Å². The van der Waals surface area contributed by atoms with Crippen molar-refractivity contribution in [2.45, 2.75) is 32.2 Å². The van der Waals surface area contributed by atoms with E-state index in [0.717, 1.165) is 51.6 Å². The molecule has 0 spiro atoms. The van der Waals surface area contributed by atoms with Crippen LogP contribution in [-0.2, 0) is 21.4 Å². The number of rotatable bonds is 9. The van der Waals surface area contributed by atoms with Gasteiger partial charge in [0.25, 0.3) is 15.1 Å². The van der Waals surface area contributed by atoms with Gasteiger partial charge in [0.1, 0.15) is 16.2 Å². The SMILES string of the molecule is O=S(=O)(O)CCC[n+]1c(C=CC=CC2=C3OC(c4ccccc4)=CC(c4ccccc4)=C3CCC2)sc2ccccc21. The monoisotopic (exact) mass is 594 g/mol. The molecule has 0 atom stereocenters. The van der Waals surface area contributed by atoms with E-state index in [1.54, 1.807) is 11.3 Å². The van der Waals surface area contributed by atoms with Crippen molar-refractivity contribution in [2.75, 3.05) is 5.75 Å². The van der Waals surface area contributed by atoms with Crippen molar-refractivity contribution in [3.63, 3.8) is 0 Å². The van der Waals surface area contributed by atoms with Gasteiger partial charge in [-0.15, -0.1) is 0 Å². The van der Waals surface area contributed by atoms with Gasteiger partial charge in [-0.05, 0) is 48.1 Å². The van der Waals surface area contributed by atoms with Gasteiger partial charge in [-0.25, -0.2) is 0 Å². The summed E-state index contributed by atoms with van der Waals surface area (Å²) in [6.07, 6.45) is 13.8. The standard InChI is InChI=1S/C35H31NO4S2/c37-42(38,39)24-12-23-36-31-20-8-9-21-33(31)41-34(36)22-10-7-17-28-18-11-19-29-30(26-13-3-1-4-14-26)25-32(40-35(28)29)27-15-5-2-6-16-27/h1-10,13-17,20-22,25H,11-12,18-19,23-24H2/p+1. The number of allylic oxidation sites excluding steroid dienone is 7. The fraction of sp³-hybridized carbons (Fsp3) is 0.171. The fourth-order valence-electron chi connectivity index (χ4n) is 5.52. The van der Waals surface area contributed by atoms with E-state index in [1.165, 1.54) is 22.3 Å². The zero-order chi connectivity index (χ0) is 28.9. The van der Waals surface area contributed by atoms with E-state index in [9.17, 15) is 13.0 Å². The number of aryl methyl sites for hydroxylation is 1. The topological polar surface area (TPSA) is 67.5 Å². The van der Waals surface area contributed by atoms with Crippen LogP contribution in [0, 0.1) is 0 Å². The van der Waals surface area contributed by atoms with E-state index in [4.69, 9.17) is 4.74 Å². The third-order valence-corrected chi connectivity index (χ3v) is 9.40. The number of benzene rings is 3. The Morgan fingerprint density at radius 2 is 1.55 bits per heavy atom. The van der Waals surface area contributed by atoms with Crippen molar-refractivity contribution in [1.82, 2.24) is 0 Å². The first kappa shape index (κ1) is 28.1. The molecule has 1 aliphatic heterocycles. The van der Waals surface area contributed by atoms with Gasteiger partial charge in [0.15, 0.2) is 6.54 Å². The average molecular weight is 595 g/mol. The molecule has 1 N–H and O–H groups in total. The van der Waals surface area contributed by atoms with Gasteiger partial charge in [0.2, 0.25) is 5.52 Å². The number of nitrogens with zero attached hydrogens (tertiary/aromatic N) is 1. The predicted octanol–water partition coefficient (Wildman–Crippen LogP) is 8.00. The molecule has 0 radical (unpaired) electrons. The largest absolute Gasteiger partial charge is 0.456 e. The van der Waals surface area contributed by atoms with Crippen LogP contribution in [0.25, 0.3) is 27.6 Å². The van der Waals surface area contributed by atoms with Crippen LogP contribution in [0.5, 0.6) is 0 Å². The lowest BCUT2D eigenvalue weighted by Crippen LogP contribution is -2.35. The summed E-state index contributed by atoms with van der Waals surface area (Å²) in [5.74, 6) is 1.55. The summed E-state index contributed by atoms with van der Waals surface area (Å²) in [7, 11) is -3.99. The number of hydrogen-bond acceptors (Lipinski definition) is 4. The first-order chi connectivity index (χ1) is 20.5. The van der Waals surface area contributed by atoms with Gasteiger partial charge in [0.05, 0.1) is 5.75 Å². The molecule has 2 aliphatic rings. The number of ether oxygens (including phenoxy) is 1. The van der Waals surface area contributed by atoms with Crippen molar-refractivity contribution in [2.24, 2.45) is 0 Å². The highest BCUT2D eigenvalue weighted by atomic mass is 32.2. The molecule has 0 amide bonds. The lowest BCUT2D eigenvalue weighted by molar-refractivity contribution is -0.668. The summed E-state index contributed by atoms with van der Waals surface area (Å²) in [6.45, 7) is 0.501. The quantitative estimate of drug-likeness (QED) is 0.121. The molecular formula is C35H32NO4S2+. The molecule has 0 bridgehead atoms. The lowest BCUT2D eigenvalue weighted by atomic mass is 9.85. The van der Waals surface area contributed by atoms with Gasteiger partial charge < -0.3 is 4.74 Å². The highest BCUT2D eigenvalue weighted by molar-refractivity contribution is 7.85. The first-order valence-electron chi connectivity index (χ1n) is 14.1. The van der Waals surface area contributed by atoms with Crippen molar-refractivity contribution in [3.8, 4) is 0 Å². The average Bonchev–Trinajstić information content (AvgIpc) is 3.36. The van der Waals surface area contributed by atoms with E-state index >= 15 is 0 Å². The van der Waals surface area contributed by atoms with Crippen LogP contribution in [0.4, 0.5) is 0 Å². The minimum Gasteiger partial charge on any atom is -0.456 e. The molecule has 6 rings (SSSR count). The predicted molar refractivity (Wildman–Crippen MR) is 171 cm³/mol. The molecule has 4 aromatic rings. The van der Waals surface area contributed by atoms with E-state index in [1.807, 2.05) is 48.5 Å². The fourth-order valence-corrected chi connectivity index (χ4v) is 7.11. The molecule has 212 valence electrons. The second-order valence-corrected chi connectivity index (χ2v) is 13.0. The van der Waals surface area contributed by atoms with Crippen molar-refractivity contribution in [3.05, 3.63) is 142 Å². The number of aromatic nitrogens is 1. The maximum atomic E-state index is 11.3. The Morgan fingerprint density at radius 3 is 2.31 bits per heavy atom. The zero-order valence-corrected chi connectivity index (χ0v) is 24.8. The number of hydrogen-bond donors (Lipinski definition) is 1. The molecule has 3 aromatic carbocycles. The molecule has 2 heterocycles. The van der Waals surface area contributed by atoms with Crippen molar-refractivity contribution in [1.29, 1.82) is 0 Å². The van der Waals surface area contributed by atoms with Crippen LogP contribution in [-0.4, -0.2) is 18.7 Å². The van der Waals surface area contributed by atoms with E-state index in [-0.39, 0.29) is 5.75 Å². The van der Waals surface area contributed by atoms with Crippen molar-refractivity contribution < 1.29 is 22.3 Å². The number of fused-ring (bicyclic) bond motifs is 2. The van der Waals surface area contributed by atoms with Gasteiger partial charge in [-0.1, -0.05) is 102 Å². The van der Waals surface area contributed by atoms with Crippen LogP contribution in [0.3, 0.4) is 0 Å². The van der Waals surface area contributed by atoms with Gasteiger partial charge in [0, 0.05) is 29.7 Å². The third-order valence-electron chi connectivity index (χ3n) is 7.46. The highest BCUT2D eigenvalue weighted by Gasteiger charge is 2.27. The Labute approximate surface area is 250 Å². The molecule has 42 heavy (non-hydrogen) atoms. The summed E-state index contributed by atoms with van der Waals surface area (Å²) < 4.78 is 41.6. The van der Waals surface area contributed by atoms with Gasteiger partial charge in [-0.2, -0.15) is 13.0 Å².